The fourth-order valence-electron chi connectivity index (χ4n) is 2.11. The number of rotatable bonds is 2. The molecule has 0 aliphatic rings. The summed E-state index contributed by atoms with van der Waals surface area (Å²) in [6.07, 6.45) is 3.90. The van der Waals surface area contributed by atoms with Gasteiger partial charge in [0.05, 0.1) is 5.69 Å². The standard InChI is InChI=1S/C17H18FN/c1-5-11(2)17-13(4)9-15(10-19-17)14-6-7-16(18)12(3)8-14/h5-10H,1-4H3/b11-5-. The van der Waals surface area contributed by atoms with Crippen LogP contribution in [-0.4, -0.2) is 4.98 Å². The molecule has 0 N–H and O–H groups in total. The van der Waals surface area contributed by atoms with Crippen molar-refractivity contribution in [3.8, 4) is 11.1 Å². The number of pyridine rings is 1. The Morgan fingerprint density at radius 3 is 2.37 bits per heavy atom. The van der Waals surface area contributed by atoms with E-state index in [0.29, 0.717) is 5.56 Å². The molecular weight excluding hydrogens is 237 g/mol. The number of hydrogen-bond donors (Lipinski definition) is 0. The molecule has 0 fully saturated rings. The van der Waals surface area contributed by atoms with Crippen molar-refractivity contribution in [3.05, 3.63) is 59.2 Å². The molecule has 1 aromatic heterocycles. The second kappa shape index (κ2) is 5.35. The molecule has 2 heteroatoms. The summed E-state index contributed by atoms with van der Waals surface area (Å²) in [5.74, 6) is -0.171. The highest BCUT2D eigenvalue weighted by molar-refractivity contribution is 5.69. The first kappa shape index (κ1) is 13.5. The van der Waals surface area contributed by atoms with Crippen LogP contribution in [0.2, 0.25) is 0 Å². The lowest BCUT2D eigenvalue weighted by atomic mass is 10.0. The van der Waals surface area contributed by atoms with E-state index in [0.717, 1.165) is 22.4 Å². The average Bonchev–Trinajstić information content (AvgIpc) is 2.41. The molecule has 0 bridgehead atoms. The van der Waals surface area contributed by atoms with Gasteiger partial charge in [-0.1, -0.05) is 12.1 Å². The predicted octanol–water partition coefficient (Wildman–Crippen LogP) is 4.93. The molecule has 2 aromatic rings. The quantitative estimate of drug-likeness (QED) is 0.741. The van der Waals surface area contributed by atoms with Crippen molar-refractivity contribution in [1.82, 2.24) is 4.98 Å². The van der Waals surface area contributed by atoms with Crippen LogP contribution in [0.1, 0.15) is 30.7 Å². The molecule has 98 valence electrons. The summed E-state index contributed by atoms with van der Waals surface area (Å²) < 4.78 is 13.3. The Labute approximate surface area is 113 Å². The zero-order chi connectivity index (χ0) is 14.0. The van der Waals surface area contributed by atoms with Crippen molar-refractivity contribution >= 4 is 5.57 Å². The summed E-state index contributed by atoms with van der Waals surface area (Å²) >= 11 is 0. The van der Waals surface area contributed by atoms with Gasteiger partial charge in [-0.2, -0.15) is 0 Å². The molecule has 19 heavy (non-hydrogen) atoms. The zero-order valence-corrected chi connectivity index (χ0v) is 11.8. The van der Waals surface area contributed by atoms with Gasteiger partial charge in [0.2, 0.25) is 0 Å². The fraction of sp³-hybridized carbons (Fsp3) is 0.235. The Bertz CT molecular complexity index is 642. The Kier molecular flexibility index (Phi) is 3.79. The molecule has 2 rings (SSSR count). The van der Waals surface area contributed by atoms with Crippen molar-refractivity contribution in [1.29, 1.82) is 0 Å². The predicted molar refractivity (Wildman–Crippen MR) is 78.4 cm³/mol. The maximum Gasteiger partial charge on any atom is 0.126 e. The second-order valence-electron chi connectivity index (χ2n) is 4.83. The molecule has 1 heterocycles. The Morgan fingerprint density at radius 2 is 1.79 bits per heavy atom. The number of benzene rings is 1. The van der Waals surface area contributed by atoms with Crippen LogP contribution in [0.15, 0.2) is 36.5 Å². The van der Waals surface area contributed by atoms with E-state index in [9.17, 15) is 4.39 Å². The molecule has 1 nitrogen and oxygen atoms in total. The Balaban J connectivity index is 2.47. The van der Waals surface area contributed by atoms with Crippen molar-refractivity contribution in [3.63, 3.8) is 0 Å². The summed E-state index contributed by atoms with van der Waals surface area (Å²) in [5.41, 5.74) is 6.00. The van der Waals surface area contributed by atoms with E-state index in [1.807, 2.05) is 19.2 Å². The van der Waals surface area contributed by atoms with Gasteiger partial charge in [0, 0.05) is 11.8 Å². The van der Waals surface area contributed by atoms with Crippen molar-refractivity contribution in [2.24, 2.45) is 0 Å². The van der Waals surface area contributed by atoms with Crippen LogP contribution in [0.3, 0.4) is 0 Å². The molecule has 0 aliphatic heterocycles. The maximum atomic E-state index is 13.3. The van der Waals surface area contributed by atoms with Gasteiger partial charge in [0.25, 0.3) is 0 Å². The molecule has 0 saturated heterocycles. The minimum absolute atomic E-state index is 0.171. The van der Waals surface area contributed by atoms with E-state index >= 15 is 0 Å². The first-order valence-electron chi connectivity index (χ1n) is 6.39. The number of hydrogen-bond acceptors (Lipinski definition) is 1. The highest BCUT2D eigenvalue weighted by Crippen LogP contribution is 2.25. The fourth-order valence-corrected chi connectivity index (χ4v) is 2.11. The molecule has 0 aliphatic carbocycles. The molecule has 0 saturated carbocycles. The molecule has 0 unspecified atom stereocenters. The minimum atomic E-state index is -0.171. The van der Waals surface area contributed by atoms with Gasteiger partial charge in [0.1, 0.15) is 5.82 Å². The van der Waals surface area contributed by atoms with E-state index < -0.39 is 0 Å². The molecule has 1 aromatic carbocycles. The van der Waals surface area contributed by atoms with Crippen LogP contribution in [0.25, 0.3) is 16.7 Å². The van der Waals surface area contributed by atoms with Gasteiger partial charge >= 0.3 is 0 Å². The number of aryl methyl sites for hydroxylation is 2. The summed E-state index contributed by atoms with van der Waals surface area (Å²) in [7, 11) is 0. The summed E-state index contributed by atoms with van der Waals surface area (Å²) in [4.78, 5) is 4.52. The van der Waals surface area contributed by atoms with Crippen LogP contribution in [0.5, 0.6) is 0 Å². The van der Waals surface area contributed by atoms with E-state index in [1.165, 1.54) is 11.6 Å². The highest BCUT2D eigenvalue weighted by atomic mass is 19.1. The van der Waals surface area contributed by atoms with Crippen LogP contribution in [0.4, 0.5) is 4.39 Å². The second-order valence-corrected chi connectivity index (χ2v) is 4.83. The van der Waals surface area contributed by atoms with Crippen LogP contribution in [-0.2, 0) is 0 Å². The Hall–Kier alpha value is -1.96. The maximum absolute atomic E-state index is 13.3. The van der Waals surface area contributed by atoms with Crippen molar-refractivity contribution in [2.45, 2.75) is 27.7 Å². The van der Waals surface area contributed by atoms with E-state index in [1.54, 1.807) is 13.0 Å². The number of nitrogens with zero attached hydrogens (tertiary/aromatic N) is 1. The third-order valence-electron chi connectivity index (χ3n) is 3.38. The van der Waals surface area contributed by atoms with Crippen LogP contribution >= 0.6 is 0 Å². The van der Waals surface area contributed by atoms with Crippen LogP contribution in [0, 0.1) is 19.7 Å². The van der Waals surface area contributed by atoms with Gasteiger partial charge in [-0.15, -0.1) is 0 Å². The zero-order valence-electron chi connectivity index (χ0n) is 11.8. The lowest BCUT2D eigenvalue weighted by Crippen LogP contribution is -1.93. The number of allylic oxidation sites excluding steroid dienone is 2. The molecule has 0 amide bonds. The largest absolute Gasteiger partial charge is 0.256 e. The molecule has 0 atom stereocenters. The van der Waals surface area contributed by atoms with Gasteiger partial charge in [0.15, 0.2) is 0 Å². The monoisotopic (exact) mass is 255 g/mol. The molecular formula is C17H18FN. The van der Waals surface area contributed by atoms with Crippen LogP contribution < -0.4 is 0 Å². The Morgan fingerprint density at radius 1 is 1.11 bits per heavy atom. The van der Waals surface area contributed by atoms with Gasteiger partial charge in [-0.3, -0.25) is 4.98 Å². The van der Waals surface area contributed by atoms with E-state index in [4.69, 9.17) is 0 Å². The third kappa shape index (κ3) is 2.73. The molecule has 0 radical (unpaired) electrons. The SMILES string of the molecule is C/C=C(/C)c1ncc(-c2ccc(F)c(C)c2)cc1C. The van der Waals surface area contributed by atoms with E-state index in [-0.39, 0.29) is 5.82 Å². The lowest BCUT2D eigenvalue weighted by Gasteiger charge is -2.09. The van der Waals surface area contributed by atoms with Crippen molar-refractivity contribution < 1.29 is 4.39 Å². The summed E-state index contributed by atoms with van der Waals surface area (Å²) in [5, 5.41) is 0. The topological polar surface area (TPSA) is 12.9 Å². The normalized spacial score (nSPS) is 11.7. The van der Waals surface area contributed by atoms with Crippen molar-refractivity contribution in [2.75, 3.05) is 0 Å². The lowest BCUT2D eigenvalue weighted by molar-refractivity contribution is 0.619. The smallest absolute Gasteiger partial charge is 0.126 e. The number of aromatic nitrogens is 1. The van der Waals surface area contributed by atoms with Gasteiger partial charge in [-0.25, -0.2) is 4.39 Å². The first-order chi connectivity index (χ1) is 9.02. The molecule has 0 spiro atoms. The van der Waals surface area contributed by atoms with Gasteiger partial charge < -0.3 is 0 Å². The van der Waals surface area contributed by atoms with E-state index in [2.05, 4.69) is 31.0 Å². The number of halogens is 1. The van der Waals surface area contributed by atoms with Gasteiger partial charge in [-0.05, 0) is 68.2 Å². The highest BCUT2D eigenvalue weighted by Gasteiger charge is 2.06. The minimum Gasteiger partial charge on any atom is -0.256 e. The average molecular weight is 255 g/mol. The summed E-state index contributed by atoms with van der Waals surface area (Å²) in [6.45, 7) is 7.89. The first-order valence-corrected chi connectivity index (χ1v) is 6.39. The summed E-state index contributed by atoms with van der Waals surface area (Å²) in [6, 6.07) is 7.25. The third-order valence-corrected chi connectivity index (χ3v) is 3.38.